The van der Waals surface area contributed by atoms with Gasteiger partial charge in [-0.2, -0.15) is 0 Å². The maximum absolute atomic E-state index is 14.4. The molecular weight excluding hydrogens is 295 g/mol. The van der Waals surface area contributed by atoms with Crippen molar-refractivity contribution >= 4 is 5.91 Å². The van der Waals surface area contributed by atoms with E-state index in [4.69, 9.17) is 10.5 Å². The Bertz CT molecular complexity index is 686. The first kappa shape index (κ1) is 17.0. The molecule has 1 atom stereocenters. The standard InChI is InChI=1S/C18H21FN2O2/c1-12(11-20)21(2)18(22)16-9-6-14(10-17(16)19)13-4-7-15(23-3)8-5-13/h4-10,12H,11,20H2,1-3H3. The summed E-state index contributed by atoms with van der Waals surface area (Å²) >= 11 is 0. The van der Waals surface area contributed by atoms with Crippen molar-refractivity contribution < 1.29 is 13.9 Å². The van der Waals surface area contributed by atoms with Gasteiger partial charge in [-0.1, -0.05) is 18.2 Å². The van der Waals surface area contributed by atoms with E-state index >= 15 is 0 Å². The minimum absolute atomic E-state index is 0.0464. The van der Waals surface area contributed by atoms with Gasteiger partial charge < -0.3 is 15.4 Å². The average Bonchev–Trinajstić information content (AvgIpc) is 2.59. The monoisotopic (exact) mass is 316 g/mol. The second-order valence-electron chi connectivity index (χ2n) is 5.42. The number of carbonyl (C=O) groups is 1. The molecule has 122 valence electrons. The highest BCUT2D eigenvalue weighted by Gasteiger charge is 2.20. The fourth-order valence-corrected chi connectivity index (χ4v) is 2.20. The van der Waals surface area contributed by atoms with Crippen molar-refractivity contribution in [2.24, 2.45) is 5.73 Å². The number of carbonyl (C=O) groups excluding carboxylic acids is 1. The summed E-state index contributed by atoms with van der Waals surface area (Å²) < 4.78 is 19.5. The van der Waals surface area contributed by atoms with E-state index in [1.807, 2.05) is 31.2 Å². The van der Waals surface area contributed by atoms with Crippen LogP contribution in [-0.4, -0.2) is 37.6 Å². The van der Waals surface area contributed by atoms with Gasteiger partial charge in [0.15, 0.2) is 0 Å². The fourth-order valence-electron chi connectivity index (χ4n) is 2.20. The first-order valence-electron chi connectivity index (χ1n) is 7.39. The summed E-state index contributed by atoms with van der Waals surface area (Å²) in [4.78, 5) is 13.8. The molecule has 0 aliphatic heterocycles. The predicted molar refractivity (Wildman–Crippen MR) is 89.0 cm³/mol. The van der Waals surface area contributed by atoms with E-state index in [0.717, 1.165) is 11.3 Å². The fraction of sp³-hybridized carbons (Fsp3) is 0.278. The van der Waals surface area contributed by atoms with Gasteiger partial charge >= 0.3 is 0 Å². The maximum Gasteiger partial charge on any atom is 0.256 e. The van der Waals surface area contributed by atoms with Crippen LogP contribution < -0.4 is 10.5 Å². The molecule has 0 spiro atoms. The normalized spacial score (nSPS) is 11.9. The number of halogens is 1. The second kappa shape index (κ2) is 7.24. The van der Waals surface area contributed by atoms with Gasteiger partial charge in [-0.15, -0.1) is 0 Å². The van der Waals surface area contributed by atoms with Crippen molar-refractivity contribution in [2.45, 2.75) is 13.0 Å². The average molecular weight is 316 g/mol. The Kier molecular flexibility index (Phi) is 5.34. The molecule has 2 aromatic rings. The quantitative estimate of drug-likeness (QED) is 0.923. The van der Waals surface area contributed by atoms with Gasteiger partial charge in [0, 0.05) is 19.6 Å². The van der Waals surface area contributed by atoms with Crippen molar-refractivity contribution in [3.8, 4) is 16.9 Å². The minimum atomic E-state index is -0.542. The molecule has 0 radical (unpaired) electrons. The van der Waals surface area contributed by atoms with E-state index in [-0.39, 0.29) is 17.5 Å². The molecule has 0 aliphatic rings. The number of ether oxygens (including phenoxy) is 1. The van der Waals surface area contributed by atoms with E-state index in [0.29, 0.717) is 12.1 Å². The van der Waals surface area contributed by atoms with E-state index in [1.54, 1.807) is 20.2 Å². The van der Waals surface area contributed by atoms with Gasteiger partial charge in [-0.05, 0) is 42.3 Å². The van der Waals surface area contributed by atoms with Crippen LogP contribution in [0, 0.1) is 5.82 Å². The molecule has 1 unspecified atom stereocenters. The van der Waals surface area contributed by atoms with Crippen LogP contribution in [0.25, 0.3) is 11.1 Å². The summed E-state index contributed by atoms with van der Waals surface area (Å²) in [7, 11) is 3.21. The van der Waals surface area contributed by atoms with Gasteiger partial charge in [-0.25, -0.2) is 4.39 Å². The molecule has 0 saturated heterocycles. The van der Waals surface area contributed by atoms with Crippen LogP contribution in [0.2, 0.25) is 0 Å². The Morgan fingerprint density at radius 1 is 1.22 bits per heavy atom. The molecule has 2 N–H and O–H groups in total. The molecule has 0 bridgehead atoms. The molecule has 23 heavy (non-hydrogen) atoms. The SMILES string of the molecule is COc1ccc(-c2ccc(C(=O)N(C)C(C)CN)c(F)c2)cc1. The topological polar surface area (TPSA) is 55.6 Å². The Hall–Kier alpha value is -2.40. The molecule has 0 saturated carbocycles. The molecule has 5 heteroatoms. The van der Waals surface area contributed by atoms with E-state index in [9.17, 15) is 9.18 Å². The molecule has 0 aliphatic carbocycles. The third-order valence-electron chi connectivity index (χ3n) is 3.95. The van der Waals surface area contributed by atoms with Gasteiger partial charge in [0.1, 0.15) is 11.6 Å². The van der Waals surface area contributed by atoms with Crippen LogP contribution >= 0.6 is 0 Å². The summed E-state index contributed by atoms with van der Waals surface area (Å²) in [6.07, 6.45) is 0. The number of rotatable bonds is 5. The minimum Gasteiger partial charge on any atom is -0.497 e. The first-order chi connectivity index (χ1) is 11.0. The van der Waals surface area contributed by atoms with Crippen molar-refractivity contribution in [3.05, 3.63) is 53.8 Å². The summed E-state index contributed by atoms with van der Waals surface area (Å²) in [6.45, 7) is 2.15. The number of hydrogen-bond acceptors (Lipinski definition) is 3. The zero-order valence-electron chi connectivity index (χ0n) is 13.5. The first-order valence-corrected chi connectivity index (χ1v) is 7.39. The van der Waals surface area contributed by atoms with Crippen molar-refractivity contribution in [1.82, 2.24) is 4.90 Å². The predicted octanol–water partition coefficient (Wildman–Crippen LogP) is 2.92. The third kappa shape index (κ3) is 3.68. The Morgan fingerprint density at radius 3 is 2.35 bits per heavy atom. The van der Waals surface area contributed by atoms with Gasteiger partial charge in [0.2, 0.25) is 0 Å². The number of hydrogen-bond donors (Lipinski definition) is 1. The highest BCUT2D eigenvalue weighted by atomic mass is 19.1. The highest BCUT2D eigenvalue weighted by Crippen LogP contribution is 2.25. The highest BCUT2D eigenvalue weighted by molar-refractivity contribution is 5.95. The molecule has 4 nitrogen and oxygen atoms in total. The van der Waals surface area contributed by atoms with E-state index < -0.39 is 5.82 Å². The zero-order valence-corrected chi connectivity index (χ0v) is 13.5. The zero-order chi connectivity index (χ0) is 17.0. The van der Waals surface area contributed by atoms with Gasteiger partial charge in [-0.3, -0.25) is 4.79 Å². The lowest BCUT2D eigenvalue weighted by Gasteiger charge is -2.24. The summed E-state index contributed by atoms with van der Waals surface area (Å²) in [6, 6.07) is 11.8. The van der Waals surface area contributed by atoms with E-state index in [1.165, 1.54) is 17.0 Å². The number of methoxy groups -OCH3 is 1. The lowest BCUT2D eigenvalue weighted by Crippen LogP contribution is -2.40. The van der Waals surface area contributed by atoms with Crippen LogP contribution in [0.5, 0.6) is 5.75 Å². The third-order valence-corrected chi connectivity index (χ3v) is 3.95. The number of amides is 1. The van der Waals surface area contributed by atoms with Crippen LogP contribution in [0.15, 0.2) is 42.5 Å². The molecule has 0 fully saturated rings. The Morgan fingerprint density at radius 2 is 1.83 bits per heavy atom. The molecular formula is C18H21FN2O2. The van der Waals surface area contributed by atoms with Crippen molar-refractivity contribution in [1.29, 1.82) is 0 Å². The smallest absolute Gasteiger partial charge is 0.256 e. The van der Waals surface area contributed by atoms with Crippen LogP contribution in [0.1, 0.15) is 17.3 Å². The molecule has 1 amide bonds. The Labute approximate surface area is 135 Å². The van der Waals surface area contributed by atoms with Crippen LogP contribution in [0.3, 0.4) is 0 Å². The van der Waals surface area contributed by atoms with Gasteiger partial charge in [0.05, 0.1) is 12.7 Å². The Balaban J connectivity index is 2.28. The molecule has 2 rings (SSSR count). The van der Waals surface area contributed by atoms with Gasteiger partial charge in [0.25, 0.3) is 5.91 Å². The number of nitrogens with two attached hydrogens (primary N) is 1. The van der Waals surface area contributed by atoms with Crippen LogP contribution in [0.4, 0.5) is 4.39 Å². The number of likely N-dealkylation sites (N-methyl/N-ethyl adjacent to an activating group) is 1. The van der Waals surface area contributed by atoms with E-state index in [2.05, 4.69) is 0 Å². The molecule has 0 heterocycles. The second-order valence-corrected chi connectivity index (χ2v) is 5.42. The number of benzene rings is 2. The lowest BCUT2D eigenvalue weighted by molar-refractivity contribution is 0.0743. The maximum atomic E-state index is 14.4. The van der Waals surface area contributed by atoms with Crippen molar-refractivity contribution in [3.63, 3.8) is 0 Å². The number of nitrogens with zero attached hydrogens (tertiary/aromatic N) is 1. The largest absolute Gasteiger partial charge is 0.497 e. The summed E-state index contributed by atoms with van der Waals surface area (Å²) in [5, 5.41) is 0. The molecule has 2 aromatic carbocycles. The summed E-state index contributed by atoms with van der Waals surface area (Å²) in [5.74, 6) is -0.181. The van der Waals surface area contributed by atoms with Crippen molar-refractivity contribution in [2.75, 3.05) is 20.7 Å². The lowest BCUT2D eigenvalue weighted by atomic mass is 10.0. The molecule has 0 aromatic heterocycles. The summed E-state index contributed by atoms with van der Waals surface area (Å²) in [5.41, 5.74) is 7.16. The van der Waals surface area contributed by atoms with Crippen LogP contribution in [-0.2, 0) is 0 Å².